The van der Waals surface area contributed by atoms with Crippen LogP contribution in [-0.2, 0) is 6.42 Å². The van der Waals surface area contributed by atoms with Crippen LogP contribution in [0.5, 0.6) is 11.5 Å². The first-order chi connectivity index (χ1) is 14.0. The van der Waals surface area contributed by atoms with E-state index in [9.17, 15) is 0 Å². The fourth-order valence-corrected chi connectivity index (χ4v) is 4.04. The van der Waals surface area contributed by atoms with Crippen molar-refractivity contribution in [3.05, 3.63) is 41.9 Å². The monoisotopic (exact) mass is 398 g/mol. The molecular weight excluding hydrogens is 364 g/mol. The Morgan fingerprint density at radius 3 is 2.72 bits per heavy atom. The zero-order chi connectivity index (χ0) is 20.8. The minimum atomic E-state index is 0.425. The number of piperidine rings is 1. The van der Waals surface area contributed by atoms with E-state index in [1.54, 1.807) is 20.5 Å². The summed E-state index contributed by atoms with van der Waals surface area (Å²) in [5, 5.41) is 0. The number of anilines is 1. The number of nitrogens with zero attached hydrogens (tertiary/aromatic N) is 4. The number of ether oxygens (including phenoxy) is 2. The van der Waals surface area contributed by atoms with Crippen molar-refractivity contribution in [3.63, 3.8) is 0 Å². The number of likely N-dealkylation sites (N-methyl/N-ethyl adjacent to an activating group) is 1. The van der Waals surface area contributed by atoms with E-state index in [0.29, 0.717) is 12.0 Å². The molecule has 1 aliphatic heterocycles. The standard InChI is InChI=1S/C23H34N4O2/c1-17(2)20-14-24-16-25-23(20)27-11-6-7-19(15-27)26(3)12-10-18-8-9-21(28-4)22(13-18)29-5/h8-9,13-14,16-17,19H,6-7,10-12,15H2,1-5H3/t19-/m0/s1. The predicted molar refractivity (Wildman–Crippen MR) is 117 cm³/mol. The van der Waals surface area contributed by atoms with Gasteiger partial charge in [0.15, 0.2) is 11.5 Å². The van der Waals surface area contributed by atoms with E-state index in [2.05, 4.69) is 52.8 Å². The van der Waals surface area contributed by atoms with Gasteiger partial charge >= 0.3 is 0 Å². The third-order valence-electron chi connectivity index (χ3n) is 5.86. The van der Waals surface area contributed by atoms with Crippen molar-refractivity contribution in [2.45, 2.75) is 45.1 Å². The van der Waals surface area contributed by atoms with Crippen molar-refractivity contribution in [3.8, 4) is 11.5 Å². The molecule has 0 bridgehead atoms. The van der Waals surface area contributed by atoms with Gasteiger partial charge < -0.3 is 19.3 Å². The Labute approximate surface area is 174 Å². The highest BCUT2D eigenvalue weighted by atomic mass is 16.5. The molecule has 6 nitrogen and oxygen atoms in total. The van der Waals surface area contributed by atoms with Crippen LogP contribution in [0.2, 0.25) is 0 Å². The minimum absolute atomic E-state index is 0.425. The lowest BCUT2D eigenvalue weighted by molar-refractivity contribution is 0.217. The van der Waals surface area contributed by atoms with Gasteiger partial charge in [-0.15, -0.1) is 0 Å². The second-order valence-corrected chi connectivity index (χ2v) is 8.12. The number of rotatable bonds is 8. The van der Waals surface area contributed by atoms with E-state index < -0.39 is 0 Å². The van der Waals surface area contributed by atoms with Gasteiger partial charge in [-0.05, 0) is 49.9 Å². The summed E-state index contributed by atoms with van der Waals surface area (Å²) >= 11 is 0. The lowest BCUT2D eigenvalue weighted by atomic mass is 10.0. The Morgan fingerprint density at radius 1 is 1.21 bits per heavy atom. The molecule has 0 radical (unpaired) electrons. The Morgan fingerprint density at radius 2 is 2.00 bits per heavy atom. The van der Waals surface area contributed by atoms with Crippen molar-refractivity contribution in [1.82, 2.24) is 14.9 Å². The topological polar surface area (TPSA) is 50.7 Å². The minimum Gasteiger partial charge on any atom is -0.493 e. The Kier molecular flexibility index (Phi) is 7.31. The van der Waals surface area contributed by atoms with Gasteiger partial charge in [-0.1, -0.05) is 19.9 Å². The molecule has 1 atom stereocenters. The largest absolute Gasteiger partial charge is 0.493 e. The Hall–Kier alpha value is -2.34. The molecule has 0 saturated carbocycles. The van der Waals surface area contributed by atoms with Gasteiger partial charge in [-0.25, -0.2) is 9.97 Å². The van der Waals surface area contributed by atoms with E-state index in [0.717, 1.165) is 43.4 Å². The van der Waals surface area contributed by atoms with Gasteiger partial charge in [-0.3, -0.25) is 0 Å². The lowest BCUT2D eigenvalue weighted by Gasteiger charge is -2.39. The molecule has 158 valence electrons. The maximum Gasteiger partial charge on any atom is 0.160 e. The quantitative estimate of drug-likeness (QED) is 0.675. The van der Waals surface area contributed by atoms with Gasteiger partial charge in [0.1, 0.15) is 12.1 Å². The van der Waals surface area contributed by atoms with Crippen LogP contribution in [0, 0.1) is 0 Å². The molecule has 6 heteroatoms. The summed E-state index contributed by atoms with van der Waals surface area (Å²) in [6.45, 7) is 7.50. The fourth-order valence-electron chi connectivity index (χ4n) is 4.04. The normalized spacial score (nSPS) is 17.1. The van der Waals surface area contributed by atoms with Crippen LogP contribution < -0.4 is 14.4 Å². The van der Waals surface area contributed by atoms with Crippen LogP contribution in [0.4, 0.5) is 5.82 Å². The molecule has 0 N–H and O–H groups in total. The number of aromatic nitrogens is 2. The van der Waals surface area contributed by atoms with E-state index in [1.807, 2.05) is 12.3 Å². The molecule has 1 fully saturated rings. The summed E-state index contributed by atoms with van der Waals surface area (Å²) in [6.07, 6.45) is 7.04. The van der Waals surface area contributed by atoms with Crippen LogP contribution in [0.25, 0.3) is 0 Å². The van der Waals surface area contributed by atoms with Crippen LogP contribution in [0.15, 0.2) is 30.7 Å². The third kappa shape index (κ3) is 5.18. The average Bonchev–Trinajstić information content (AvgIpc) is 2.77. The van der Waals surface area contributed by atoms with Crippen molar-refractivity contribution < 1.29 is 9.47 Å². The highest BCUT2D eigenvalue weighted by molar-refractivity contribution is 5.47. The molecule has 1 aromatic carbocycles. The van der Waals surface area contributed by atoms with Gasteiger partial charge in [0.05, 0.1) is 14.2 Å². The second-order valence-electron chi connectivity index (χ2n) is 8.12. The third-order valence-corrected chi connectivity index (χ3v) is 5.86. The molecule has 2 heterocycles. The summed E-state index contributed by atoms with van der Waals surface area (Å²) in [4.78, 5) is 13.8. The molecule has 2 aromatic rings. The van der Waals surface area contributed by atoms with E-state index in [-0.39, 0.29) is 0 Å². The van der Waals surface area contributed by atoms with Gasteiger partial charge in [0.25, 0.3) is 0 Å². The Bertz CT molecular complexity index is 796. The first-order valence-electron chi connectivity index (χ1n) is 10.5. The maximum atomic E-state index is 5.44. The van der Waals surface area contributed by atoms with Crippen molar-refractivity contribution >= 4 is 5.82 Å². The summed E-state index contributed by atoms with van der Waals surface area (Å²) in [5.41, 5.74) is 2.50. The van der Waals surface area contributed by atoms with Gasteiger partial charge in [0.2, 0.25) is 0 Å². The average molecular weight is 399 g/mol. The van der Waals surface area contributed by atoms with E-state index in [1.165, 1.54) is 24.0 Å². The molecular formula is C23H34N4O2. The summed E-state index contributed by atoms with van der Waals surface area (Å²) < 4.78 is 10.8. The highest BCUT2D eigenvalue weighted by Gasteiger charge is 2.26. The molecule has 1 saturated heterocycles. The summed E-state index contributed by atoms with van der Waals surface area (Å²) in [6, 6.07) is 6.71. The van der Waals surface area contributed by atoms with E-state index in [4.69, 9.17) is 9.47 Å². The number of benzene rings is 1. The summed E-state index contributed by atoms with van der Waals surface area (Å²) in [7, 11) is 5.59. The second kappa shape index (κ2) is 9.92. The van der Waals surface area contributed by atoms with Crippen LogP contribution in [0.1, 0.15) is 43.7 Å². The van der Waals surface area contributed by atoms with Crippen molar-refractivity contribution in [2.24, 2.45) is 0 Å². The molecule has 0 aliphatic carbocycles. The maximum absolute atomic E-state index is 5.44. The number of hydrogen-bond donors (Lipinski definition) is 0. The molecule has 0 amide bonds. The van der Waals surface area contributed by atoms with Crippen LogP contribution in [-0.4, -0.2) is 61.8 Å². The predicted octanol–water partition coefficient (Wildman–Crippen LogP) is 3.76. The van der Waals surface area contributed by atoms with Crippen LogP contribution >= 0.6 is 0 Å². The zero-order valence-electron chi connectivity index (χ0n) is 18.4. The van der Waals surface area contributed by atoms with E-state index >= 15 is 0 Å². The fraction of sp³-hybridized carbons (Fsp3) is 0.565. The molecule has 0 spiro atoms. The lowest BCUT2D eigenvalue weighted by Crippen LogP contribution is -2.47. The van der Waals surface area contributed by atoms with Crippen LogP contribution in [0.3, 0.4) is 0 Å². The summed E-state index contributed by atoms with van der Waals surface area (Å²) in [5.74, 6) is 3.10. The Balaban J connectivity index is 1.62. The number of hydrogen-bond acceptors (Lipinski definition) is 6. The number of methoxy groups -OCH3 is 2. The smallest absolute Gasteiger partial charge is 0.160 e. The van der Waals surface area contributed by atoms with Gasteiger partial charge in [-0.2, -0.15) is 0 Å². The molecule has 1 aliphatic rings. The highest BCUT2D eigenvalue weighted by Crippen LogP contribution is 2.29. The van der Waals surface area contributed by atoms with Crippen molar-refractivity contribution in [2.75, 3.05) is 45.8 Å². The molecule has 0 unspecified atom stereocenters. The molecule has 29 heavy (non-hydrogen) atoms. The van der Waals surface area contributed by atoms with Gasteiger partial charge in [0, 0.05) is 37.4 Å². The SMILES string of the molecule is COc1ccc(CCN(C)[C@H]2CCCN(c3ncncc3C(C)C)C2)cc1OC. The van der Waals surface area contributed by atoms with Crippen molar-refractivity contribution in [1.29, 1.82) is 0 Å². The molecule has 3 rings (SSSR count). The first-order valence-corrected chi connectivity index (χ1v) is 10.5. The zero-order valence-corrected chi connectivity index (χ0v) is 18.4. The first kappa shape index (κ1) is 21.4. The molecule has 1 aromatic heterocycles.